The molecule has 2 rings (SSSR count). The van der Waals surface area contributed by atoms with Crippen LogP contribution in [0.1, 0.15) is 11.7 Å². The highest BCUT2D eigenvalue weighted by atomic mass is 16.6. The van der Waals surface area contributed by atoms with Crippen molar-refractivity contribution >= 4 is 11.6 Å². The number of hydrogen-bond donors (Lipinski definition) is 0. The lowest BCUT2D eigenvalue weighted by atomic mass is 10.0. The highest BCUT2D eigenvalue weighted by Gasteiger charge is 2.44. The summed E-state index contributed by atoms with van der Waals surface area (Å²) in [5.74, 6) is -0.172. The van der Waals surface area contributed by atoms with E-state index < -0.39 is 4.92 Å². The second-order valence-electron chi connectivity index (χ2n) is 4.55. The van der Waals surface area contributed by atoms with Crippen LogP contribution >= 0.6 is 0 Å². The summed E-state index contributed by atoms with van der Waals surface area (Å²) in [6.45, 7) is 3.73. The standard InChI is InChI=1S/C13H14N2O4/c1-8(13(16)14(2)3)11-12(19-11)9-4-6-10(7-5-9)15(17)18/h4-7,11-12H,1H2,2-3H3/t11-,12+/m1/s1. The van der Waals surface area contributed by atoms with E-state index in [4.69, 9.17) is 4.74 Å². The van der Waals surface area contributed by atoms with Crippen LogP contribution in [0, 0.1) is 10.1 Å². The minimum Gasteiger partial charge on any atom is -0.359 e. The molecule has 0 N–H and O–H groups in total. The average Bonchev–Trinajstić information content (AvgIpc) is 3.17. The molecule has 6 nitrogen and oxygen atoms in total. The number of epoxide rings is 1. The van der Waals surface area contributed by atoms with Gasteiger partial charge in [-0.1, -0.05) is 6.58 Å². The maximum atomic E-state index is 11.7. The van der Waals surface area contributed by atoms with Crippen molar-refractivity contribution in [3.63, 3.8) is 0 Å². The van der Waals surface area contributed by atoms with Crippen LogP contribution in [0.4, 0.5) is 5.69 Å². The van der Waals surface area contributed by atoms with E-state index in [9.17, 15) is 14.9 Å². The maximum absolute atomic E-state index is 11.7. The van der Waals surface area contributed by atoms with Gasteiger partial charge in [0.15, 0.2) is 0 Å². The molecular formula is C13H14N2O4. The summed E-state index contributed by atoms with van der Waals surface area (Å²) in [4.78, 5) is 23.2. The third-order valence-corrected chi connectivity index (χ3v) is 2.95. The Hall–Kier alpha value is -2.21. The van der Waals surface area contributed by atoms with Crippen molar-refractivity contribution in [3.05, 3.63) is 52.1 Å². The summed E-state index contributed by atoms with van der Waals surface area (Å²) >= 11 is 0. The fraction of sp³-hybridized carbons (Fsp3) is 0.308. The van der Waals surface area contributed by atoms with Gasteiger partial charge in [0.2, 0.25) is 0 Å². The molecule has 0 aromatic heterocycles. The van der Waals surface area contributed by atoms with Crippen LogP contribution in [0.25, 0.3) is 0 Å². The molecule has 0 aliphatic carbocycles. The largest absolute Gasteiger partial charge is 0.359 e. The van der Waals surface area contributed by atoms with E-state index in [0.717, 1.165) is 5.56 Å². The van der Waals surface area contributed by atoms with Crippen molar-refractivity contribution < 1.29 is 14.5 Å². The van der Waals surface area contributed by atoms with Gasteiger partial charge >= 0.3 is 0 Å². The number of nitrogens with zero attached hydrogens (tertiary/aromatic N) is 2. The zero-order valence-electron chi connectivity index (χ0n) is 10.7. The molecule has 1 aliphatic heterocycles. The first kappa shape index (κ1) is 13.2. The monoisotopic (exact) mass is 262 g/mol. The number of ether oxygens (including phenoxy) is 1. The average molecular weight is 262 g/mol. The number of amides is 1. The van der Waals surface area contributed by atoms with Crippen LogP contribution in [0.3, 0.4) is 0 Å². The quantitative estimate of drug-likeness (QED) is 0.358. The Bertz CT molecular complexity index is 536. The van der Waals surface area contributed by atoms with Gasteiger partial charge in [-0.2, -0.15) is 0 Å². The molecule has 1 aromatic rings. The van der Waals surface area contributed by atoms with Gasteiger partial charge in [0.05, 0.1) is 4.92 Å². The van der Waals surface area contributed by atoms with Crippen LogP contribution < -0.4 is 0 Å². The SMILES string of the molecule is C=C(C(=O)N(C)C)[C@H]1O[C@H]1c1ccc([N+](=O)[O-])cc1. The molecule has 1 aliphatic rings. The van der Waals surface area contributed by atoms with Crippen LogP contribution in [0.15, 0.2) is 36.4 Å². The van der Waals surface area contributed by atoms with Gasteiger partial charge in [-0.25, -0.2) is 0 Å². The van der Waals surface area contributed by atoms with Crippen molar-refractivity contribution in [2.75, 3.05) is 14.1 Å². The Kier molecular flexibility index (Phi) is 3.35. The molecule has 0 saturated carbocycles. The van der Waals surface area contributed by atoms with Crippen molar-refractivity contribution in [1.82, 2.24) is 4.90 Å². The predicted octanol–water partition coefficient (Wildman–Crippen LogP) is 1.68. The van der Waals surface area contributed by atoms with E-state index in [1.54, 1.807) is 26.2 Å². The Morgan fingerprint density at radius 2 is 1.95 bits per heavy atom. The van der Waals surface area contributed by atoms with Crippen molar-refractivity contribution in [1.29, 1.82) is 0 Å². The van der Waals surface area contributed by atoms with Gasteiger partial charge in [-0.05, 0) is 17.7 Å². The summed E-state index contributed by atoms with van der Waals surface area (Å²) in [5, 5.41) is 10.5. The number of hydrogen-bond acceptors (Lipinski definition) is 4. The summed E-state index contributed by atoms with van der Waals surface area (Å²) < 4.78 is 5.42. The van der Waals surface area contributed by atoms with Crippen LogP contribution in [-0.2, 0) is 9.53 Å². The van der Waals surface area contributed by atoms with Crippen molar-refractivity contribution in [2.45, 2.75) is 12.2 Å². The maximum Gasteiger partial charge on any atom is 0.269 e. The molecule has 1 saturated heterocycles. The Labute approximate surface area is 110 Å². The molecule has 1 heterocycles. The molecule has 1 amide bonds. The molecule has 0 radical (unpaired) electrons. The minimum atomic E-state index is -0.455. The Balaban J connectivity index is 2.05. The predicted molar refractivity (Wildman–Crippen MR) is 68.5 cm³/mol. The number of likely N-dealkylation sites (N-methyl/N-ethyl adjacent to an activating group) is 1. The minimum absolute atomic E-state index is 0.0316. The summed E-state index contributed by atoms with van der Waals surface area (Å²) in [6.07, 6.45) is -0.575. The summed E-state index contributed by atoms with van der Waals surface area (Å²) in [6, 6.07) is 6.11. The van der Waals surface area contributed by atoms with Crippen LogP contribution in [-0.4, -0.2) is 35.9 Å². The van der Waals surface area contributed by atoms with Gasteiger partial charge in [-0.3, -0.25) is 14.9 Å². The molecule has 100 valence electrons. The molecule has 0 spiro atoms. The van der Waals surface area contributed by atoms with E-state index in [-0.39, 0.29) is 23.8 Å². The van der Waals surface area contributed by atoms with Gasteiger partial charge in [0.1, 0.15) is 12.2 Å². The van der Waals surface area contributed by atoms with Gasteiger partial charge in [0, 0.05) is 31.8 Å². The lowest BCUT2D eigenvalue weighted by Crippen LogP contribution is -2.25. The fourth-order valence-electron chi connectivity index (χ4n) is 1.83. The summed E-state index contributed by atoms with van der Waals surface area (Å²) in [5.41, 5.74) is 1.24. The van der Waals surface area contributed by atoms with E-state index in [0.29, 0.717) is 5.57 Å². The molecule has 6 heteroatoms. The van der Waals surface area contributed by atoms with E-state index >= 15 is 0 Å². The molecular weight excluding hydrogens is 248 g/mol. The number of nitro groups is 1. The Morgan fingerprint density at radius 3 is 2.42 bits per heavy atom. The highest BCUT2D eigenvalue weighted by Crippen LogP contribution is 2.43. The number of carbonyl (C=O) groups excluding carboxylic acids is 1. The van der Waals surface area contributed by atoms with Crippen molar-refractivity contribution in [3.8, 4) is 0 Å². The second kappa shape index (κ2) is 4.81. The van der Waals surface area contributed by atoms with Crippen LogP contribution in [0.2, 0.25) is 0 Å². The zero-order valence-corrected chi connectivity index (χ0v) is 10.7. The lowest BCUT2D eigenvalue weighted by Gasteiger charge is -2.10. The number of rotatable bonds is 4. The smallest absolute Gasteiger partial charge is 0.269 e. The van der Waals surface area contributed by atoms with Crippen molar-refractivity contribution in [2.24, 2.45) is 0 Å². The highest BCUT2D eigenvalue weighted by molar-refractivity contribution is 5.94. The van der Waals surface area contributed by atoms with Gasteiger partial charge in [0.25, 0.3) is 11.6 Å². The third-order valence-electron chi connectivity index (χ3n) is 2.95. The second-order valence-corrected chi connectivity index (χ2v) is 4.55. The third kappa shape index (κ3) is 2.63. The van der Waals surface area contributed by atoms with Gasteiger partial charge < -0.3 is 9.64 Å². The molecule has 2 atom stereocenters. The Morgan fingerprint density at radius 1 is 1.37 bits per heavy atom. The summed E-state index contributed by atoms with van der Waals surface area (Å²) in [7, 11) is 3.30. The lowest BCUT2D eigenvalue weighted by molar-refractivity contribution is -0.384. The van der Waals surface area contributed by atoms with Crippen LogP contribution in [0.5, 0.6) is 0 Å². The zero-order chi connectivity index (χ0) is 14.2. The molecule has 1 aromatic carbocycles. The molecule has 1 fully saturated rings. The first-order valence-corrected chi connectivity index (χ1v) is 5.72. The fourth-order valence-corrected chi connectivity index (χ4v) is 1.83. The topological polar surface area (TPSA) is 76.0 Å². The van der Waals surface area contributed by atoms with E-state index in [1.165, 1.54) is 17.0 Å². The first-order valence-electron chi connectivity index (χ1n) is 5.72. The molecule has 0 bridgehead atoms. The van der Waals surface area contributed by atoms with E-state index in [2.05, 4.69) is 6.58 Å². The first-order chi connectivity index (χ1) is 8.91. The number of nitro benzene ring substituents is 1. The number of non-ortho nitro benzene ring substituents is 1. The normalized spacial score (nSPS) is 20.7. The van der Waals surface area contributed by atoms with Gasteiger partial charge in [-0.15, -0.1) is 0 Å². The van der Waals surface area contributed by atoms with E-state index in [1.807, 2.05) is 0 Å². The molecule has 19 heavy (non-hydrogen) atoms. The molecule has 0 unspecified atom stereocenters. The number of benzene rings is 1. The number of carbonyl (C=O) groups is 1.